The van der Waals surface area contributed by atoms with Crippen LogP contribution in [0.25, 0.3) is 22.8 Å². The first-order valence-corrected chi connectivity index (χ1v) is 10.4. The molecule has 0 saturated heterocycles. The Kier molecular flexibility index (Phi) is 6.17. The van der Waals surface area contributed by atoms with Gasteiger partial charge in [-0.2, -0.15) is 4.98 Å². The normalized spacial score (nSPS) is 10.5. The van der Waals surface area contributed by atoms with Crippen molar-refractivity contribution < 1.29 is 18.8 Å². The second kappa shape index (κ2) is 9.17. The predicted octanol–water partition coefficient (Wildman–Crippen LogP) is 5.28. The quantitative estimate of drug-likeness (QED) is 0.344. The number of para-hydroxylation sites is 1. The molecule has 156 valence electrons. The average Bonchev–Trinajstić information content (AvgIpc) is 3.29. The number of hydrogen-bond donors (Lipinski definition) is 1. The van der Waals surface area contributed by atoms with Crippen LogP contribution in [0.3, 0.4) is 0 Å². The van der Waals surface area contributed by atoms with Gasteiger partial charge >= 0.3 is 0 Å². The summed E-state index contributed by atoms with van der Waals surface area (Å²) in [5.41, 5.74) is 2.49. The molecule has 7 nitrogen and oxygen atoms in total. The fourth-order valence-corrected chi connectivity index (χ4v) is 3.57. The Labute approximate surface area is 192 Å². The molecule has 0 aliphatic heterocycles. The number of hydrogen-bond acceptors (Lipinski definition) is 6. The van der Waals surface area contributed by atoms with Gasteiger partial charge in [-0.3, -0.25) is 4.79 Å². The van der Waals surface area contributed by atoms with Crippen LogP contribution in [-0.4, -0.2) is 30.3 Å². The smallest absolute Gasteiger partial charge is 0.260 e. The van der Waals surface area contributed by atoms with Crippen molar-refractivity contribution in [2.75, 3.05) is 19.5 Å². The maximum Gasteiger partial charge on any atom is 0.260 e. The van der Waals surface area contributed by atoms with E-state index in [2.05, 4.69) is 38.0 Å². The van der Waals surface area contributed by atoms with E-state index in [4.69, 9.17) is 14.0 Å². The van der Waals surface area contributed by atoms with E-state index in [1.807, 2.05) is 42.5 Å². The molecule has 1 amide bonds. The lowest BCUT2D eigenvalue weighted by atomic mass is 10.1. The average molecular weight is 527 g/mol. The van der Waals surface area contributed by atoms with Crippen LogP contribution in [0.2, 0.25) is 0 Å². The van der Waals surface area contributed by atoms with E-state index in [0.29, 0.717) is 45.6 Å². The lowest BCUT2D eigenvalue weighted by Crippen LogP contribution is -2.12. The molecular formula is C23H18IN3O4. The Bertz CT molecular complexity index is 1240. The topological polar surface area (TPSA) is 86.5 Å². The summed E-state index contributed by atoms with van der Waals surface area (Å²) in [5.74, 6) is 1.65. The molecule has 0 fully saturated rings. The molecule has 4 aromatic rings. The van der Waals surface area contributed by atoms with Gasteiger partial charge in [0.2, 0.25) is 5.82 Å². The number of nitrogens with zero attached hydrogens (tertiary/aromatic N) is 2. The molecular weight excluding hydrogens is 509 g/mol. The molecule has 0 atom stereocenters. The van der Waals surface area contributed by atoms with Crippen LogP contribution in [0.15, 0.2) is 71.3 Å². The second-order valence-corrected chi connectivity index (χ2v) is 7.75. The van der Waals surface area contributed by atoms with Gasteiger partial charge in [0, 0.05) is 14.7 Å². The third-order valence-electron chi connectivity index (χ3n) is 4.56. The molecule has 4 rings (SSSR count). The Morgan fingerprint density at radius 3 is 2.55 bits per heavy atom. The molecule has 1 aromatic heterocycles. The van der Waals surface area contributed by atoms with Gasteiger partial charge in [0.15, 0.2) is 11.5 Å². The van der Waals surface area contributed by atoms with Crippen molar-refractivity contribution in [2.24, 2.45) is 0 Å². The van der Waals surface area contributed by atoms with Crippen molar-refractivity contribution in [1.29, 1.82) is 0 Å². The van der Waals surface area contributed by atoms with Crippen LogP contribution in [0.1, 0.15) is 10.4 Å². The fourth-order valence-electron chi connectivity index (χ4n) is 3.03. The summed E-state index contributed by atoms with van der Waals surface area (Å²) in [6, 6.07) is 20.0. The Morgan fingerprint density at radius 1 is 0.968 bits per heavy atom. The highest BCUT2D eigenvalue weighted by molar-refractivity contribution is 14.1. The van der Waals surface area contributed by atoms with Gasteiger partial charge in [-0.05, 0) is 71.1 Å². The molecule has 0 bridgehead atoms. The third kappa shape index (κ3) is 4.53. The molecule has 0 aliphatic carbocycles. The molecule has 3 aromatic carbocycles. The van der Waals surface area contributed by atoms with E-state index in [1.165, 1.54) is 0 Å². The second-order valence-electron chi connectivity index (χ2n) is 6.50. The number of ether oxygens (including phenoxy) is 2. The van der Waals surface area contributed by atoms with Crippen LogP contribution in [-0.2, 0) is 0 Å². The summed E-state index contributed by atoms with van der Waals surface area (Å²) in [6.45, 7) is 0. The van der Waals surface area contributed by atoms with E-state index in [-0.39, 0.29) is 5.91 Å². The predicted molar refractivity (Wildman–Crippen MR) is 125 cm³/mol. The minimum absolute atomic E-state index is 0.217. The summed E-state index contributed by atoms with van der Waals surface area (Å²) in [7, 11) is 3.14. The van der Waals surface area contributed by atoms with E-state index in [9.17, 15) is 4.79 Å². The van der Waals surface area contributed by atoms with Crippen LogP contribution in [0.4, 0.5) is 5.69 Å². The Balaban J connectivity index is 1.63. The van der Waals surface area contributed by atoms with Gasteiger partial charge in [-0.1, -0.05) is 23.4 Å². The number of rotatable bonds is 6. The van der Waals surface area contributed by atoms with Crippen molar-refractivity contribution in [3.8, 4) is 34.3 Å². The minimum atomic E-state index is -0.217. The molecule has 0 aliphatic rings. The molecule has 31 heavy (non-hydrogen) atoms. The summed E-state index contributed by atoms with van der Waals surface area (Å²) >= 11 is 2.17. The third-order valence-corrected chi connectivity index (χ3v) is 5.23. The standard InChI is InChI=1S/C23H18IN3O4/c1-29-19-11-10-14(13-20(19)30-2)21-26-23(31-27-21)17-8-3-4-9-18(17)25-22(28)15-6-5-7-16(24)12-15/h3-13H,1-2H3,(H,25,28). The van der Waals surface area contributed by atoms with Crippen LogP contribution in [0, 0.1) is 3.57 Å². The monoisotopic (exact) mass is 527 g/mol. The van der Waals surface area contributed by atoms with Gasteiger partial charge in [-0.15, -0.1) is 0 Å². The molecule has 1 N–H and O–H groups in total. The van der Waals surface area contributed by atoms with Crippen molar-refractivity contribution in [1.82, 2.24) is 10.1 Å². The van der Waals surface area contributed by atoms with Gasteiger partial charge in [0.1, 0.15) is 0 Å². The zero-order valence-electron chi connectivity index (χ0n) is 16.8. The van der Waals surface area contributed by atoms with Crippen molar-refractivity contribution in [3.63, 3.8) is 0 Å². The maximum absolute atomic E-state index is 12.7. The van der Waals surface area contributed by atoms with Crippen LogP contribution >= 0.6 is 22.6 Å². The van der Waals surface area contributed by atoms with E-state index in [0.717, 1.165) is 3.57 Å². The minimum Gasteiger partial charge on any atom is -0.493 e. The van der Waals surface area contributed by atoms with Crippen LogP contribution < -0.4 is 14.8 Å². The summed E-state index contributed by atoms with van der Waals surface area (Å²) < 4.78 is 17.1. The first-order valence-electron chi connectivity index (χ1n) is 9.31. The number of methoxy groups -OCH3 is 2. The molecule has 0 unspecified atom stereocenters. The summed E-state index contributed by atoms with van der Waals surface area (Å²) in [6.07, 6.45) is 0. The van der Waals surface area contributed by atoms with Gasteiger partial charge in [-0.25, -0.2) is 0 Å². The summed E-state index contributed by atoms with van der Waals surface area (Å²) in [5, 5.41) is 7.02. The van der Waals surface area contributed by atoms with Gasteiger partial charge < -0.3 is 19.3 Å². The highest BCUT2D eigenvalue weighted by atomic mass is 127. The molecule has 8 heteroatoms. The number of carbonyl (C=O) groups excluding carboxylic acids is 1. The molecule has 0 spiro atoms. The Morgan fingerprint density at radius 2 is 1.77 bits per heavy atom. The van der Waals surface area contributed by atoms with Crippen molar-refractivity contribution in [2.45, 2.75) is 0 Å². The lowest BCUT2D eigenvalue weighted by Gasteiger charge is -2.09. The highest BCUT2D eigenvalue weighted by Gasteiger charge is 2.17. The largest absolute Gasteiger partial charge is 0.493 e. The molecule has 0 radical (unpaired) electrons. The SMILES string of the molecule is COc1ccc(-c2noc(-c3ccccc3NC(=O)c3cccc(I)c3)n2)cc1OC. The van der Waals surface area contributed by atoms with Crippen molar-refractivity contribution >= 4 is 34.2 Å². The zero-order valence-corrected chi connectivity index (χ0v) is 18.9. The number of carbonyl (C=O) groups is 1. The number of halogens is 1. The highest BCUT2D eigenvalue weighted by Crippen LogP contribution is 2.33. The fraction of sp³-hybridized carbons (Fsp3) is 0.0870. The number of benzene rings is 3. The molecule has 0 saturated carbocycles. The van der Waals surface area contributed by atoms with E-state index >= 15 is 0 Å². The van der Waals surface area contributed by atoms with Crippen molar-refractivity contribution in [3.05, 3.63) is 75.9 Å². The van der Waals surface area contributed by atoms with Crippen LogP contribution in [0.5, 0.6) is 11.5 Å². The lowest BCUT2D eigenvalue weighted by molar-refractivity contribution is 0.102. The number of anilines is 1. The Hall–Kier alpha value is -3.40. The number of aromatic nitrogens is 2. The molecule has 1 heterocycles. The van der Waals surface area contributed by atoms with E-state index < -0.39 is 0 Å². The number of amides is 1. The van der Waals surface area contributed by atoms with Gasteiger partial charge in [0.25, 0.3) is 11.8 Å². The first kappa shape index (κ1) is 20.9. The van der Waals surface area contributed by atoms with E-state index in [1.54, 1.807) is 38.5 Å². The maximum atomic E-state index is 12.7. The number of nitrogens with one attached hydrogen (secondary N) is 1. The summed E-state index contributed by atoms with van der Waals surface area (Å²) in [4.78, 5) is 17.2. The zero-order chi connectivity index (χ0) is 21.8. The van der Waals surface area contributed by atoms with Gasteiger partial charge in [0.05, 0.1) is 25.5 Å². The first-order chi connectivity index (χ1) is 15.1.